The zero-order valence-electron chi connectivity index (χ0n) is 20.1. The molecule has 2 atom stereocenters. The number of piperazine rings is 1. The zero-order chi connectivity index (χ0) is 24.4. The van der Waals surface area contributed by atoms with E-state index in [0.29, 0.717) is 5.56 Å². The van der Waals surface area contributed by atoms with Crippen molar-refractivity contribution in [3.05, 3.63) is 83.4 Å². The quantitative estimate of drug-likeness (QED) is 0.468. The number of benzene rings is 3. The lowest BCUT2D eigenvalue weighted by Crippen LogP contribution is -2.47. The zero-order valence-corrected chi connectivity index (χ0v) is 20.1. The van der Waals surface area contributed by atoms with Gasteiger partial charge in [0, 0.05) is 54.3 Å². The van der Waals surface area contributed by atoms with Gasteiger partial charge in [-0.25, -0.2) is 0 Å². The summed E-state index contributed by atoms with van der Waals surface area (Å²) in [6, 6.07) is 22.1. The lowest BCUT2D eigenvalue weighted by atomic mass is 9.91. The fourth-order valence-electron chi connectivity index (χ4n) is 5.99. The van der Waals surface area contributed by atoms with Crippen molar-refractivity contribution >= 4 is 28.4 Å². The Kier molecular flexibility index (Phi) is 4.60. The van der Waals surface area contributed by atoms with Gasteiger partial charge < -0.3 is 15.1 Å². The normalized spacial score (nSPS) is 23.2. The number of nitrogens with zero attached hydrogens (tertiary/aromatic N) is 3. The van der Waals surface area contributed by atoms with E-state index in [4.69, 9.17) is 0 Å². The number of anilines is 1. The summed E-state index contributed by atoms with van der Waals surface area (Å²) < 4.78 is 0. The Morgan fingerprint density at radius 3 is 2.58 bits per heavy atom. The molecule has 2 fully saturated rings. The molecule has 4 aromatic rings. The molecule has 1 saturated heterocycles. The van der Waals surface area contributed by atoms with Crippen LogP contribution in [0.3, 0.4) is 0 Å². The third-order valence-electron chi connectivity index (χ3n) is 8.21. The predicted octanol–water partition coefficient (Wildman–Crippen LogP) is 3.99. The van der Waals surface area contributed by atoms with Crippen LogP contribution in [0.2, 0.25) is 0 Å². The number of likely N-dealkylation sites (N-methyl/N-ethyl adjacent to an activating group) is 1. The van der Waals surface area contributed by atoms with Gasteiger partial charge in [-0.3, -0.25) is 14.7 Å². The second-order valence-corrected chi connectivity index (χ2v) is 10.3. The highest BCUT2D eigenvalue weighted by molar-refractivity contribution is 6.10. The number of rotatable bonds is 3. The van der Waals surface area contributed by atoms with Gasteiger partial charge in [-0.05, 0) is 48.9 Å². The van der Waals surface area contributed by atoms with Crippen molar-refractivity contribution in [2.45, 2.75) is 17.8 Å². The molecule has 2 aliphatic heterocycles. The summed E-state index contributed by atoms with van der Waals surface area (Å²) in [6.45, 7) is 3.34. The molecule has 3 aromatic carbocycles. The second kappa shape index (κ2) is 7.77. The maximum absolute atomic E-state index is 12.9. The van der Waals surface area contributed by atoms with Gasteiger partial charge in [-0.2, -0.15) is 5.10 Å². The number of carbonyl (C=O) groups excluding carboxylic acids is 2. The summed E-state index contributed by atoms with van der Waals surface area (Å²) >= 11 is 0. The van der Waals surface area contributed by atoms with Crippen molar-refractivity contribution in [2.75, 3.05) is 38.5 Å². The van der Waals surface area contributed by atoms with E-state index >= 15 is 0 Å². The SMILES string of the molecule is CN1CCN(C(=O)c2ccc(-c3n[nH]c4cc(C5CC56C(=O)Nc5ccccc56)ccc34)cc2)CC1. The first-order chi connectivity index (χ1) is 17.5. The van der Waals surface area contributed by atoms with Crippen LogP contribution in [-0.2, 0) is 10.2 Å². The first kappa shape index (κ1) is 21.3. The molecule has 1 aliphatic carbocycles. The van der Waals surface area contributed by atoms with E-state index in [-0.39, 0.29) is 17.7 Å². The summed E-state index contributed by atoms with van der Waals surface area (Å²) in [4.78, 5) is 29.9. The lowest BCUT2D eigenvalue weighted by Gasteiger charge is -2.32. The molecule has 0 bridgehead atoms. The molecule has 36 heavy (non-hydrogen) atoms. The fraction of sp³-hybridized carbons (Fsp3) is 0.276. The molecule has 1 aromatic heterocycles. The van der Waals surface area contributed by atoms with Gasteiger partial charge in [0.1, 0.15) is 0 Å². The minimum Gasteiger partial charge on any atom is -0.336 e. The molecule has 3 aliphatic rings. The number of carbonyl (C=O) groups is 2. The number of aromatic nitrogens is 2. The topological polar surface area (TPSA) is 81.3 Å². The Bertz CT molecular complexity index is 1520. The van der Waals surface area contributed by atoms with Crippen LogP contribution in [0.5, 0.6) is 0 Å². The Balaban J connectivity index is 1.14. The lowest BCUT2D eigenvalue weighted by molar-refractivity contribution is -0.118. The van der Waals surface area contributed by atoms with Gasteiger partial charge >= 0.3 is 0 Å². The van der Waals surface area contributed by atoms with Crippen molar-refractivity contribution in [2.24, 2.45) is 0 Å². The molecular weight excluding hydrogens is 450 g/mol. The highest BCUT2D eigenvalue weighted by atomic mass is 16.2. The summed E-state index contributed by atoms with van der Waals surface area (Å²) in [6.07, 6.45) is 0.825. The summed E-state index contributed by atoms with van der Waals surface area (Å²) in [7, 11) is 2.08. The number of hydrogen-bond donors (Lipinski definition) is 2. The van der Waals surface area contributed by atoms with Crippen LogP contribution in [0.4, 0.5) is 5.69 Å². The van der Waals surface area contributed by atoms with Crippen molar-refractivity contribution < 1.29 is 9.59 Å². The van der Waals surface area contributed by atoms with Crippen molar-refractivity contribution in [1.82, 2.24) is 20.0 Å². The van der Waals surface area contributed by atoms with Crippen LogP contribution in [0.15, 0.2) is 66.7 Å². The van der Waals surface area contributed by atoms with Crippen molar-refractivity contribution in [3.63, 3.8) is 0 Å². The standard InChI is InChI=1S/C29H27N5O2/c1-33-12-14-34(15-13-33)27(35)19-8-6-18(7-9-19)26-21-11-10-20(16-25(21)31-32-26)23-17-29(23)22-4-2-3-5-24(22)30-28(29)36/h2-11,16,23H,12-15,17H2,1H3,(H,30,36)(H,31,32). The number of H-pyrrole nitrogens is 1. The first-order valence-corrected chi connectivity index (χ1v) is 12.5. The highest BCUT2D eigenvalue weighted by Gasteiger charge is 2.65. The number of aromatic amines is 1. The molecule has 7 heteroatoms. The van der Waals surface area contributed by atoms with Crippen LogP contribution < -0.4 is 5.32 Å². The Hall–Kier alpha value is -3.97. The molecule has 2 amide bonds. The molecule has 180 valence electrons. The van der Waals surface area contributed by atoms with Crippen molar-refractivity contribution in [1.29, 1.82) is 0 Å². The van der Waals surface area contributed by atoms with E-state index < -0.39 is 5.41 Å². The maximum atomic E-state index is 12.9. The van der Waals surface area contributed by atoms with E-state index in [1.165, 1.54) is 0 Å². The van der Waals surface area contributed by atoms with Crippen LogP contribution in [0, 0.1) is 0 Å². The number of amides is 2. The molecule has 1 spiro atoms. The molecule has 7 nitrogen and oxygen atoms in total. The van der Waals surface area contributed by atoms with E-state index in [1.807, 2.05) is 47.4 Å². The molecule has 2 N–H and O–H groups in total. The van der Waals surface area contributed by atoms with Gasteiger partial charge in [-0.1, -0.05) is 42.5 Å². The monoisotopic (exact) mass is 477 g/mol. The molecule has 1 saturated carbocycles. The largest absolute Gasteiger partial charge is 0.336 e. The molecular formula is C29H27N5O2. The molecule has 2 unspecified atom stereocenters. The van der Waals surface area contributed by atoms with Crippen LogP contribution in [0.1, 0.15) is 33.8 Å². The summed E-state index contributed by atoms with van der Waals surface area (Å²) in [5.41, 5.74) is 6.24. The van der Waals surface area contributed by atoms with Gasteiger partial charge in [0.2, 0.25) is 5.91 Å². The summed E-state index contributed by atoms with van der Waals surface area (Å²) in [5.74, 6) is 0.351. The summed E-state index contributed by atoms with van der Waals surface area (Å²) in [5, 5.41) is 11.9. The van der Waals surface area contributed by atoms with Gasteiger partial charge in [-0.15, -0.1) is 0 Å². The Morgan fingerprint density at radius 1 is 1.00 bits per heavy atom. The van der Waals surface area contributed by atoms with E-state index in [1.54, 1.807) is 0 Å². The number of fused-ring (bicyclic) bond motifs is 3. The minimum absolute atomic E-state index is 0.0852. The van der Waals surface area contributed by atoms with Crippen LogP contribution in [-0.4, -0.2) is 65.0 Å². The second-order valence-electron chi connectivity index (χ2n) is 10.3. The first-order valence-electron chi connectivity index (χ1n) is 12.5. The average Bonchev–Trinajstić information content (AvgIpc) is 3.43. The van der Waals surface area contributed by atoms with E-state index in [0.717, 1.165) is 71.6 Å². The van der Waals surface area contributed by atoms with Gasteiger partial charge in [0.05, 0.1) is 16.6 Å². The third kappa shape index (κ3) is 3.12. The van der Waals surface area contributed by atoms with Crippen LogP contribution >= 0.6 is 0 Å². The number of para-hydroxylation sites is 1. The smallest absolute Gasteiger partial charge is 0.253 e. The number of nitrogens with one attached hydrogen (secondary N) is 2. The molecule has 3 heterocycles. The number of hydrogen-bond acceptors (Lipinski definition) is 4. The molecule has 7 rings (SSSR count). The van der Waals surface area contributed by atoms with Crippen molar-refractivity contribution in [3.8, 4) is 11.3 Å². The van der Waals surface area contributed by atoms with Gasteiger partial charge in [0.15, 0.2) is 0 Å². The average molecular weight is 478 g/mol. The predicted molar refractivity (Wildman–Crippen MR) is 139 cm³/mol. The third-order valence-corrected chi connectivity index (χ3v) is 8.21. The van der Waals surface area contributed by atoms with Gasteiger partial charge in [0.25, 0.3) is 5.91 Å². The Labute approximate surface area is 209 Å². The minimum atomic E-state index is -0.445. The highest BCUT2D eigenvalue weighted by Crippen LogP contribution is 2.65. The van der Waals surface area contributed by atoms with E-state index in [2.05, 4.69) is 51.7 Å². The van der Waals surface area contributed by atoms with E-state index in [9.17, 15) is 9.59 Å². The fourth-order valence-corrected chi connectivity index (χ4v) is 5.99. The van der Waals surface area contributed by atoms with Crippen LogP contribution in [0.25, 0.3) is 22.2 Å². The Morgan fingerprint density at radius 2 is 1.78 bits per heavy atom. The molecule has 0 radical (unpaired) electrons. The maximum Gasteiger partial charge on any atom is 0.253 e.